The topological polar surface area (TPSA) is 47.6 Å². The summed E-state index contributed by atoms with van der Waals surface area (Å²) in [6, 6.07) is 7.95. The van der Waals surface area contributed by atoms with Crippen molar-refractivity contribution in [1.82, 2.24) is 0 Å². The molecular formula is C16H23NO3S. The highest BCUT2D eigenvalue weighted by Crippen LogP contribution is 2.27. The van der Waals surface area contributed by atoms with Crippen LogP contribution in [0.1, 0.15) is 30.6 Å². The molecule has 1 heterocycles. The van der Waals surface area contributed by atoms with E-state index in [4.69, 9.17) is 9.47 Å². The average molecular weight is 309 g/mol. The molecule has 1 saturated heterocycles. The van der Waals surface area contributed by atoms with Crippen LogP contribution in [-0.4, -0.2) is 38.1 Å². The van der Waals surface area contributed by atoms with Gasteiger partial charge in [-0.25, -0.2) is 0 Å². The fourth-order valence-electron chi connectivity index (χ4n) is 2.26. The number of anilines is 1. The Morgan fingerprint density at radius 2 is 2.43 bits per heavy atom. The van der Waals surface area contributed by atoms with E-state index in [9.17, 15) is 4.79 Å². The van der Waals surface area contributed by atoms with Gasteiger partial charge in [0.1, 0.15) is 6.61 Å². The Kier molecular flexibility index (Phi) is 6.54. The molecule has 1 amide bonds. The minimum absolute atomic E-state index is 0.0716. The number of amides is 1. The van der Waals surface area contributed by atoms with Crippen LogP contribution in [-0.2, 0) is 14.3 Å². The van der Waals surface area contributed by atoms with Gasteiger partial charge in [0.25, 0.3) is 0 Å². The van der Waals surface area contributed by atoms with Crippen LogP contribution < -0.4 is 5.32 Å². The molecule has 1 N–H and O–H groups in total. The van der Waals surface area contributed by atoms with Gasteiger partial charge in [0.15, 0.2) is 0 Å². The van der Waals surface area contributed by atoms with Gasteiger partial charge in [-0.05, 0) is 43.7 Å². The minimum atomic E-state index is -0.123. The van der Waals surface area contributed by atoms with Crippen molar-refractivity contribution < 1.29 is 14.3 Å². The number of hydrogen-bond acceptors (Lipinski definition) is 4. The lowest BCUT2D eigenvalue weighted by Crippen LogP contribution is -2.22. The van der Waals surface area contributed by atoms with Gasteiger partial charge in [-0.1, -0.05) is 12.1 Å². The molecule has 1 fully saturated rings. The molecule has 1 aliphatic heterocycles. The maximum Gasteiger partial charge on any atom is 0.250 e. The number of carbonyl (C=O) groups is 1. The quantitative estimate of drug-likeness (QED) is 0.840. The van der Waals surface area contributed by atoms with Gasteiger partial charge < -0.3 is 14.8 Å². The summed E-state index contributed by atoms with van der Waals surface area (Å²) in [4.78, 5) is 11.9. The largest absolute Gasteiger partial charge is 0.376 e. The van der Waals surface area contributed by atoms with Gasteiger partial charge in [0.2, 0.25) is 5.91 Å². The highest BCUT2D eigenvalue weighted by molar-refractivity contribution is 7.98. The molecule has 1 aromatic rings. The predicted molar refractivity (Wildman–Crippen MR) is 86.8 cm³/mol. The van der Waals surface area contributed by atoms with Crippen LogP contribution in [0.15, 0.2) is 24.3 Å². The Hall–Kier alpha value is -1.04. The molecule has 0 bridgehead atoms. The molecule has 0 saturated carbocycles. The normalized spacial score (nSPS) is 19.4. The third kappa shape index (κ3) is 5.34. The SMILES string of the molecule is CSC(C)c1cccc(NC(=O)COCC2CCCO2)c1. The first-order valence-electron chi connectivity index (χ1n) is 7.31. The van der Waals surface area contributed by atoms with Gasteiger partial charge in [-0.3, -0.25) is 4.79 Å². The minimum Gasteiger partial charge on any atom is -0.376 e. The molecule has 21 heavy (non-hydrogen) atoms. The summed E-state index contributed by atoms with van der Waals surface area (Å²) in [5.41, 5.74) is 2.03. The van der Waals surface area contributed by atoms with E-state index in [1.54, 1.807) is 11.8 Å². The van der Waals surface area contributed by atoms with E-state index < -0.39 is 0 Å². The Morgan fingerprint density at radius 3 is 3.14 bits per heavy atom. The third-order valence-corrected chi connectivity index (χ3v) is 4.53. The summed E-state index contributed by atoms with van der Waals surface area (Å²) in [6.07, 6.45) is 4.34. The zero-order chi connectivity index (χ0) is 15.1. The second kappa shape index (κ2) is 8.41. The van der Waals surface area contributed by atoms with Crippen LogP contribution >= 0.6 is 11.8 Å². The second-order valence-corrected chi connectivity index (χ2v) is 6.38. The summed E-state index contributed by atoms with van der Waals surface area (Å²) in [7, 11) is 0. The van der Waals surface area contributed by atoms with Crippen molar-refractivity contribution in [3.8, 4) is 0 Å². The molecule has 0 radical (unpaired) electrons. The number of hydrogen-bond donors (Lipinski definition) is 1. The highest BCUT2D eigenvalue weighted by atomic mass is 32.2. The van der Waals surface area contributed by atoms with Crippen LogP contribution in [0.2, 0.25) is 0 Å². The first kappa shape index (κ1) is 16.3. The molecule has 2 unspecified atom stereocenters. The van der Waals surface area contributed by atoms with Crippen LogP contribution in [0, 0.1) is 0 Å². The van der Waals surface area contributed by atoms with Crippen LogP contribution in [0.4, 0.5) is 5.69 Å². The van der Waals surface area contributed by atoms with Crippen molar-refractivity contribution in [2.75, 3.05) is 31.4 Å². The summed E-state index contributed by atoms with van der Waals surface area (Å²) in [6.45, 7) is 3.52. The van der Waals surface area contributed by atoms with E-state index in [1.165, 1.54) is 5.56 Å². The molecule has 2 atom stereocenters. The zero-order valence-corrected chi connectivity index (χ0v) is 13.4. The van der Waals surface area contributed by atoms with Crippen molar-refractivity contribution in [3.05, 3.63) is 29.8 Å². The van der Waals surface area contributed by atoms with E-state index >= 15 is 0 Å². The number of thioether (sulfide) groups is 1. The van der Waals surface area contributed by atoms with Gasteiger partial charge >= 0.3 is 0 Å². The molecule has 0 aromatic heterocycles. The Labute approximate surface area is 130 Å². The van der Waals surface area contributed by atoms with Crippen LogP contribution in [0.25, 0.3) is 0 Å². The van der Waals surface area contributed by atoms with Crippen molar-refractivity contribution in [2.24, 2.45) is 0 Å². The first-order valence-corrected chi connectivity index (χ1v) is 8.60. The summed E-state index contributed by atoms with van der Waals surface area (Å²) in [5.74, 6) is -0.123. The Bertz CT molecular complexity index is 461. The molecule has 2 rings (SSSR count). The summed E-state index contributed by atoms with van der Waals surface area (Å²) in [5, 5.41) is 3.29. The Morgan fingerprint density at radius 1 is 1.57 bits per heavy atom. The monoisotopic (exact) mass is 309 g/mol. The fraction of sp³-hybridized carbons (Fsp3) is 0.562. The lowest BCUT2D eigenvalue weighted by atomic mass is 10.1. The third-order valence-electron chi connectivity index (χ3n) is 3.55. The molecule has 4 nitrogen and oxygen atoms in total. The van der Waals surface area contributed by atoms with Gasteiger partial charge in [-0.2, -0.15) is 11.8 Å². The van der Waals surface area contributed by atoms with Crippen molar-refractivity contribution in [3.63, 3.8) is 0 Å². The molecular weight excluding hydrogens is 286 g/mol. The number of benzene rings is 1. The number of rotatable bonds is 7. The first-order chi connectivity index (χ1) is 10.2. The standard InChI is InChI=1S/C16H23NO3S/c1-12(21-2)13-5-3-6-14(9-13)17-16(18)11-19-10-15-7-4-8-20-15/h3,5-6,9,12,15H,4,7-8,10-11H2,1-2H3,(H,17,18). The van der Waals surface area contributed by atoms with Crippen LogP contribution in [0.3, 0.4) is 0 Å². The molecule has 5 heteroatoms. The molecule has 1 aliphatic rings. The Balaban J connectivity index is 1.76. The van der Waals surface area contributed by atoms with E-state index in [2.05, 4.69) is 24.6 Å². The van der Waals surface area contributed by atoms with Gasteiger partial charge in [0.05, 0.1) is 12.7 Å². The maximum absolute atomic E-state index is 11.9. The van der Waals surface area contributed by atoms with Crippen molar-refractivity contribution >= 4 is 23.4 Å². The van der Waals surface area contributed by atoms with E-state index in [0.29, 0.717) is 11.9 Å². The maximum atomic E-state index is 11.9. The lowest BCUT2D eigenvalue weighted by Gasteiger charge is -2.12. The van der Waals surface area contributed by atoms with Crippen molar-refractivity contribution in [2.45, 2.75) is 31.1 Å². The average Bonchev–Trinajstić information content (AvgIpc) is 3.00. The van der Waals surface area contributed by atoms with Gasteiger partial charge in [-0.15, -0.1) is 0 Å². The highest BCUT2D eigenvalue weighted by Gasteiger charge is 2.16. The van der Waals surface area contributed by atoms with E-state index in [1.807, 2.05) is 18.2 Å². The lowest BCUT2D eigenvalue weighted by molar-refractivity contribution is -0.121. The van der Waals surface area contributed by atoms with Gasteiger partial charge in [0, 0.05) is 17.5 Å². The summed E-state index contributed by atoms with van der Waals surface area (Å²) < 4.78 is 10.9. The number of carbonyl (C=O) groups excluding carboxylic acids is 1. The predicted octanol–water partition coefficient (Wildman–Crippen LogP) is 3.24. The zero-order valence-electron chi connectivity index (χ0n) is 12.6. The smallest absolute Gasteiger partial charge is 0.250 e. The number of nitrogens with one attached hydrogen (secondary N) is 1. The molecule has 116 valence electrons. The van der Waals surface area contributed by atoms with E-state index in [0.717, 1.165) is 25.1 Å². The second-order valence-electron chi connectivity index (χ2n) is 5.20. The van der Waals surface area contributed by atoms with Crippen molar-refractivity contribution in [1.29, 1.82) is 0 Å². The van der Waals surface area contributed by atoms with Crippen LogP contribution in [0.5, 0.6) is 0 Å². The number of ether oxygens (including phenoxy) is 2. The summed E-state index contributed by atoms with van der Waals surface area (Å²) >= 11 is 1.78. The molecule has 0 spiro atoms. The molecule has 1 aromatic carbocycles. The fourth-order valence-corrected chi connectivity index (χ4v) is 2.68. The molecule has 0 aliphatic carbocycles. The van der Waals surface area contributed by atoms with E-state index in [-0.39, 0.29) is 18.6 Å².